The number of likely N-dealkylation sites (tertiary alicyclic amines) is 1. The summed E-state index contributed by atoms with van der Waals surface area (Å²) in [4.78, 5) is 28.0. The van der Waals surface area contributed by atoms with Crippen LogP contribution in [0.2, 0.25) is 0 Å². The first-order chi connectivity index (χ1) is 15.6. The van der Waals surface area contributed by atoms with Crippen molar-refractivity contribution in [2.45, 2.75) is 32.7 Å². The number of para-hydroxylation sites is 2. The summed E-state index contributed by atoms with van der Waals surface area (Å²) >= 11 is 0. The standard InChI is InChI=1S/C24H29N7O/c1-2-17-8-6-7-11-20(17)27-24-29-21(28-23(25)30-24)16-31-14-12-18(13-15-31)22(32)26-19-9-4-3-5-10-19/h3-11,18H,2,12-16H2,1H3,(H,26,32)(H3,25,27,28,29,30). The number of rotatable bonds is 7. The lowest BCUT2D eigenvalue weighted by Gasteiger charge is -2.30. The number of nitrogens with one attached hydrogen (secondary N) is 2. The van der Waals surface area contributed by atoms with Crippen LogP contribution in [0.15, 0.2) is 54.6 Å². The zero-order valence-corrected chi connectivity index (χ0v) is 18.3. The SMILES string of the molecule is CCc1ccccc1Nc1nc(N)nc(CN2CCC(C(=O)Nc3ccccc3)CC2)n1. The zero-order valence-electron chi connectivity index (χ0n) is 18.3. The summed E-state index contributed by atoms with van der Waals surface area (Å²) < 4.78 is 0. The van der Waals surface area contributed by atoms with Gasteiger partial charge in [0.1, 0.15) is 5.82 Å². The normalized spacial score (nSPS) is 14.8. The largest absolute Gasteiger partial charge is 0.368 e. The van der Waals surface area contributed by atoms with E-state index in [1.54, 1.807) is 0 Å². The summed E-state index contributed by atoms with van der Waals surface area (Å²) in [7, 11) is 0. The average Bonchev–Trinajstić information content (AvgIpc) is 2.80. The summed E-state index contributed by atoms with van der Waals surface area (Å²) in [5, 5.41) is 6.28. The van der Waals surface area contributed by atoms with E-state index in [9.17, 15) is 4.79 Å². The highest BCUT2D eigenvalue weighted by molar-refractivity contribution is 5.92. The predicted molar refractivity (Wildman–Crippen MR) is 126 cm³/mol. The van der Waals surface area contributed by atoms with Crippen LogP contribution in [0.3, 0.4) is 0 Å². The van der Waals surface area contributed by atoms with E-state index in [1.807, 2.05) is 48.5 Å². The molecule has 4 rings (SSSR count). The van der Waals surface area contributed by atoms with Crippen molar-refractivity contribution in [2.75, 3.05) is 29.5 Å². The van der Waals surface area contributed by atoms with Crippen LogP contribution >= 0.6 is 0 Å². The van der Waals surface area contributed by atoms with Crippen molar-refractivity contribution < 1.29 is 4.79 Å². The van der Waals surface area contributed by atoms with Gasteiger partial charge in [-0.2, -0.15) is 15.0 Å². The second-order valence-corrected chi connectivity index (χ2v) is 7.97. The number of aromatic nitrogens is 3. The van der Waals surface area contributed by atoms with Crippen LogP contribution in [0.1, 0.15) is 31.2 Å². The molecule has 1 aliphatic rings. The number of nitrogens with two attached hydrogens (primary N) is 1. The predicted octanol–water partition coefficient (Wildman–Crippen LogP) is 3.61. The van der Waals surface area contributed by atoms with Crippen molar-refractivity contribution in [3.63, 3.8) is 0 Å². The van der Waals surface area contributed by atoms with E-state index < -0.39 is 0 Å². The minimum absolute atomic E-state index is 0.0117. The third kappa shape index (κ3) is 5.59. The quantitative estimate of drug-likeness (QED) is 0.524. The number of anilines is 4. The van der Waals surface area contributed by atoms with Gasteiger partial charge in [-0.25, -0.2) is 0 Å². The Labute approximate surface area is 188 Å². The molecule has 166 valence electrons. The minimum Gasteiger partial charge on any atom is -0.368 e. The third-order valence-corrected chi connectivity index (χ3v) is 5.71. The lowest BCUT2D eigenvalue weighted by molar-refractivity contribution is -0.121. The van der Waals surface area contributed by atoms with Gasteiger partial charge in [0.2, 0.25) is 17.8 Å². The van der Waals surface area contributed by atoms with Crippen LogP contribution in [0.5, 0.6) is 0 Å². The van der Waals surface area contributed by atoms with Gasteiger partial charge in [-0.3, -0.25) is 9.69 Å². The second kappa shape index (κ2) is 10.2. The molecular formula is C24H29N7O. The Hall–Kier alpha value is -3.52. The fraction of sp³-hybridized carbons (Fsp3) is 0.333. The molecule has 0 spiro atoms. The number of hydrogen-bond acceptors (Lipinski definition) is 7. The van der Waals surface area contributed by atoms with Crippen LogP contribution in [-0.2, 0) is 17.8 Å². The Morgan fingerprint density at radius 1 is 1.03 bits per heavy atom. The van der Waals surface area contributed by atoms with Crippen LogP contribution in [0.4, 0.5) is 23.3 Å². The highest BCUT2D eigenvalue weighted by Crippen LogP contribution is 2.22. The molecule has 0 atom stereocenters. The lowest BCUT2D eigenvalue weighted by atomic mass is 9.96. The molecule has 3 aromatic rings. The van der Waals surface area contributed by atoms with E-state index in [1.165, 1.54) is 5.56 Å². The molecule has 2 heterocycles. The number of piperidine rings is 1. The van der Waals surface area contributed by atoms with Crippen LogP contribution in [0, 0.1) is 5.92 Å². The van der Waals surface area contributed by atoms with Crippen molar-refractivity contribution in [1.29, 1.82) is 0 Å². The van der Waals surface area contributed by atoms with Gasteiger partial charge in [0.25, 0.3) is 0 Å². The van der Waals surface area contributed by atoms with Gasteiger partial charge in [-0.05, 0) is 56.1 Å². The van der Waals surface area contributed by atoms with Gasteiger partial charge in [-0.15, -0.1) is 0 Å². The number of aryl methyl sites for hydroxylation is 1. The molecule has 0 aliphatic carbocycles. The van der Waals surface area contributed by atoms with Crippen molar-refractivity contribution in [2.24, 2.45) is 5.92 Å². The summed E-state index contributed by atoms with van der Waals surface area (Å²) in [6, 6.07) is 17.7. The molecule has 1 saturated heterocycles. The Kier molecular flexibility index (Phi) is 6.91. The number of nitrogens with zero attached hydrogens (tertiary/aromatic N) is 4. The number of carbonyl (C=O) groups is 1. The van der Waals surface area contributed by atoms with Crippen LogP contribution in [0.25, 0.3) is 0 Å². The fourth-order valence-electron chi connectivity index (χ4n) is 3.95. The number of carbonyl (C=O) groups excluding carboxylic acids is 1. The first-order valence-corrected chi connectivity index (χ1v) is 11.0. The molecule has 1 amide bonds. The van der Waals surface area contributed by atoms with Gasteiger partial charge in [0.15, 0.2) is 0 Å². The van der Waals surface area contributed by atoms with E-state index in [2.05, 4.69) is 43.5 Å². The Morgan fingerprint density at radius 2 is 1.75 bits per heavy atom. The molecule has 4 N–H and O–H groups in total. The van der Waals surface area contributed by atoms with Crippen molar-refractivity contribution in [1.82, 2.24) is 19.9 Å². The Balaban J connectivity index is 1.34. The first kappa shape index (κ1) is 21.7. The molecule has 0 saturated carbocycles. The maximum atomic E-state index is 12.6. The number of nitrogen functional groups attached to an aromatic ring is 1. The molecule has 1 aliphatic heterocycles. The topological polar surface area (TPSA) is 109 Å². The van der Waals surface area contributed by atoms with Crippen molar-refractivity contribution >= 4 is 29.2 Å². The molecule has 8 nitrogen and oxygen atoms in total. The molecule has 0 radical (unpaired) electrons. The number of benzene rings is 2. The number of hydrogen-bond donors (Lipinski definition) is 3. The van der Waals surface area contributed by atoms with E-state index in [-0.39, 0.29) is 17.8 Å². The van der Waals surface area contributed by atoms with E-state index >= 15 is 0 Å². The van der Waals surface area contributed by atoms with Crippen molar-refractivity contribution in [3.8, 4) is 0 Å². The summed E-state index contributed by atoms with van der Waals surface area (Å²) in [5.41, 5.74) is 8.94. The number of amides is 1. The maximum absolute atomic E-state index is 12.6. The fourth-order valence-corrected chi connectivity index (χ4v) is 3.95. The van der Waals surface area contributed by atoms with Gasteiger partial charge in [-0.1, -0.05) is 43.3 Å². The first-order valence-electron chi connectivity index (χ1n) is 11.0. The zero-order chi connectivity index (χ0) is 22.3. The van der Waals surface area contributed by atoms with E-state index in [0.29, 0.717) is 18.3 Å². The van der Waals surface area contributed by atoms with Crippen molar-refractivity contribution in [3.05, 3.63) is 66.0 Å². The van der Waals surface area contributed by atoms with Gasteiger partial charge >= 0.3 is 0 Å². The average molecular weight is 432 g/mol. The Bertz CT molecular complexity index is 1050. The molecule has 8 heteroatoms. The summed E-state index contributed by atoms with van der Waals surface area (Å²) in [6.45, 7) is 4.29. The smallest absolute Gasteiger partial charge is 0.232 e. The second-order valence-electron chi connectivity index (χ2n) is 7.97. The molecular weight excluding hydrogens is 402 g/mol. The molecule has 32 heavy (non-hydrogen) atoms. The van der Waals surface area contributed by atoms with Crippen LogP contribution in [-0.4, -0.2) is 38.8 Å². The monoisotopic (exact) mass is 431 g/mol. The summed E-state index contributed by atoms with van der Waals surface area (Å²) in [6.07, 6.45) is 2.51. The molecule has 0 bridgehead atoms. The highest BCUT2D eigenvalue weighted by Gasteiger charge is 2.25. The van der Waals surface area contributed by atoms with Gasteiger partial charge < -0.3 is 16.4 Å². The highest BCUT2D eigenvalue weighted by atomic mass is 16.1. The molecule has 1 aromatic heterocycles. The third-order valence-electron chi connectivity index (χ3n) is 5.71. The molecule has 2 aromatic carbocycles. The van der Waals surface area contributed by atoms with Gasteiger partial charge in [0, 0.05) is 17.3 Å². The molecule has 0 unspecified atom stereocenters. The Morgan fingerprint density at radius 3 is 2.50 bits per heavy atom. The van der Waals surface area contributed by atoms with E-state index in [4.69, 9.17) is 5.73 Å². The minimum atomic E-state index is 0.0117. The van der Waals surface area contributed by atoms with E-state index in [0.717, 1.165) is 43.7 Å². The maximum Gasteiger partial charge on any atom is 0.232 e. The summed E-state index contributed by atoms with van der Waals surface area (Å²) in [5.74, 6) is 1.37. The van der Waals surface area contributed by atoms with Crippen LogP contribution < -0.4 is 16.4 Å². The molecule has 1 fully saturated rings. The lowest BCUT2D eigenvalue weighted by Crippen LogP contribution is -2.38. The van der Waals surface area contributed by atoms with Gasteiger partial charge in [0.05, 0.1) is 6.54 Å².